The Morgan fingerprint density at radius 2 is 1.32 bits per heavy atom. The fourth-order valence-corrected chi connectivity index (χ4v) is 1.56. The van der Waals surface area contributed by atoms with E-state index < -0.39 is 0 Å². The summed E-state index contributed by atoms with van der Waals surface area (Å²) >= 11 is 0. The van der Waals surface area contributed by atoms with Gasteiger partial charge in [-0.2, -0.15) is 0 Å². The molecule has 0 amide bonds. The number of para-hydroxylation sites is 4. The second-order valence-corrected chi connectivity index (χ2v) is 4.13. The smallest absolute Gasteiger partial charge is 0.0889 e. The first-order chi connectivity index (χ1) is 9.16. The maximum Gasteiger partial charge on any atom is 0.0889 e. The van der Waals surface area contributed by atoms with E-state index in [1.165, 1.54) is 0 Å². The van der Waals surface area contributed by atoms with Crippen LogP contribution in [0.1, 0.15) is 5.69 Å². The predicted octanol–water partition coefficient (Wildman–Crippen LogP) is 2.79. The SMILES string of the molecule is Cc1cnc2ccccc2n1.Nc1ccccc1N. The zero-order chi connectivity index (χ0) is 13.7. The van der Waals surface area contributed by atoms with Crippen molar-refractivity contribution in [2.24, 2.45) is 0 Å². The third-order valence-electron chi connectivity index (χ3n) is 2.57. The van der Waals surface area contributed by atoms with Gasteiger partial charge in [0.25, 0.3) is 0 Å². The van der Waals surface area contributed by atoms with Crippen LogP contribution in [0.4, 0.5) is 11.4 Å². The van der Waals surface area contributed by atoms with Gasteiger partial charge in [0.05, 0.1) is 28.1 Å². The molecule has 0 aliphatic carbocycles. The van der Waals surface area contributed by atoms with E-state index in [4.69, 9.17) is 11.5 Å². The zero-order valence-electron chi connectivity index (χ0n) is 10.7. The lowest BCUT2D eigenvalue weighted by atomic mass is 10.3. The van der Waals surface area contributed by atoms with Crippen molar-refractivity contribution in [1.82, 2.24) is 9.97 Å². The Labute approximate surface area is 112 Å². The monoisotopic (exact) mass is 252 g/mol. The quantitative estimate of drug-likeness (QED) is 0.603. The lowest BCUT2D eigenvalue weighted by molar-refractivity contribution is 1.19. The number of aromatic nitrogens is 2. The van der Waals surface area contributed by atoms with Crippen LogP contribution in [0.3, 0.4) is 0 Å². The van der Waals surface area contributed by atoms with Gasteiger partial charge >= 0.3 is 0 Å². The molecule has 0 spiro atoms. The van der Waals surface area contributed by atoms with Crippen LogP contribution >= 0.6 is 0 Å². The molecule has 4 heteroatoms. The molecule has 0 aliphatic rings. The second kappa shape index (κ2) is 5.82. The third kappa shape index (κ3) is 3.42. The largest absolute Gasteiger partial charge is 0.397 e. The first-order valence-corrected chi connectivity index (χ1v) is 5.95. The van der Waals surface area contributed by atoms with Gasteiger partial charge in [-0.25, -0.2) is 4.98 Å². The van der Waals surface area contributed by atoms with E-state index >= 15 is 0 Å². The molecule has 0 unspecified atom stereocenters. The van der Waals surface area contributed by atoms with E-state index in [2.05, 4.69) is 9.97 Å². The van der Waals surface area contributed by atoms with Crippen LogP contribution in [0, 0.1) is 6.92 Å². The third-order valence-corrected chi connectivity index (χ3v) is 2.57. The molecule has 0 radical (unpaired) electrons. The maximum atomic E-state index is 5.39. The van der Waals surface area contributed by atoms with Crippen LogP contribution in [0.15, 0.2) is 54.7 Å². The first kappa shape index (κ1) is 12.8. The van der Waals surface area contributed by atoms with Crippen LogP contribution in [0.5, 0.6) is 0 Å². The van der Waals surface area contributed by atoms with Crippen molar-refractivity contribution in [3.05, 3.63) is 60.4 Å². The molecule has 1 aromatic heterocycles. The number of hydrogen-bond donors (Lipinski definition) is 2. The average Bonchev–Trinajstić information content (AvgIpc) is 2.43. The molecule has 0 saturated carbocycles. The summed E-state index contributed by atoms with van der Waals surface area (Å²) in [6.45, 7) is 1.94. The number of hydrogen-bond acceptors (Lipinski definition) is 4. The zero-order valence-corrected chi connectivity index (χ0v) is 10.7. The number of benzene rings is 2. The fourth-order valence-electron chi connectivity index (χ4n) is 1.56. The highest BCUT2D eigenvalue weighted by Gasteiger charge is 1.92. The summed E-state index contributed by atoms with van der Waals surface area (Å²) in [5.74, 6) is 0. The Morgan fingerprint density at radius 3 is 1.89 bits per heavy atom. The summed E-state index contributed by atoms with van der Waals surface area (Å²) in [7, 11) is 0. The van der Waals surface area contributed by atoms with E-state index in [0.29, 0.717) is 11.4 Å². The lowest BCUT2D eigenvalue weighted by Gasteiger charge is -1.95. The number of aryl methyl sites for hydroxylation is 1. The molecule has 0 fully saturated rings. The van der Waals surface area contributed by atoms with E-state index in [9.17, 15) is 0 Å². The summed E-state index contributed by atoms with van der Waals surface area (Å²) in [5, 5.41) is 0. The van der Waals surface area contributed by atoms with E-state index in [1.54, 1.807) is 18.3 Å². The Bertz CT molecular complexity index is 659. The minimum atomic E-state index is 0.646. The molecule has 0 saturated heterocycles. The molecule has 0 aliphatic heterocycles. The van der Waals surface area contributed by atoms with Gasteiger partial charge in [-0.3, -0.25) is 4.98 Å². The van der Waals surface area contributed by atoms with Crippen molar-refractivity contribution < 1.29 is 0 Å². The summed E-state index contributed by atoms with van der Waals surface area (Å²) in [4.78, 5) is 8.53. The highest BCUT2D eigenvalue weighted by Crippen LogP contribution is 2.10. The molecule has 1 heterocycles. The Hall–Kier alpha value is -2.62. The molecule has 0 bridgehead atoms. The molecular weight excluding hydrogens is 236 g/mol. The maximum absolute atomic E-state index is 5.39. The Kier molecular flexibility index (Phi) is 3.93. The van der Waals surface area contributed by atoms with Crippen molar-refractivity contribution >= 4 is 22.4 Å². The van der Waals surface area contributed by atoms with Gasteiger partial charge in [0.2, 0.25) is 0 Å². The molecule has 0 atom stereocenters. The van der Waals surface area contributed by atoms with Gasteiger partial charge in [0, 0.05) is 6.20 Å². The number of anilines is 2. The number of nitrogen functional groups attached to an aromatic ring is 2. The van der Waals surface area contributed by atoms with Gasteiger partial charge < -0.3 is 11.5 Å². The summed E-state index contributed by atoms with van der Waals surface area (Å²) < 4.78 is 0. The molecule has 4 nitrogen and oxygen atoms in total. The van der Waals surface area contributed by atoms with Crippen molar-refractivity contribution in [2.75, 3.05) is 11.5 Å². The molecule has 96 valence electrons. The van der Waals surface area contributed by atoms with Crippen molar-refractivity contribution in [3.63, 3.8) is 0 Å². The number of rotatable bonds is 0. The molecule has 19 heavy (non-hydrogen) atoms. The van der Waals surface area contributed by atoms with Gasteiger partial charge in [-0.1, -0.05) is 24.3 Å². The van der Waals surface area contributed by atoms with Gasteiger partial charge in [-0.15, -0.1) is 0 Å². The summed E-state index contributed by atoms with van der Waals surface area (Å²) in [6.07, 6.45) is 1.78. The highest BCUT2D eigenvalue weighted by molar-refractivity contribution is 5.73. The normalized spacial score (nSPS) is 9.74. The first-order valence-electron chi connectivity index (χ1n) is 5.95. The van der Waals surface area contributed by atoms with E-state index in [0.717, 1.165) is 16.7 Å². The van der Waals surface area contributed by atoms with Crippen molar-refractivity contribution in [3.8, 4) is 0 Å². The van der Waals surface area contributed by atoms with Crippen LogP contribution < -0.4 is 11.5 Å². The van der Waals surface area contributed by atoms with Crippen molar-refractivity contribution in [2.45, 2.75) is 6.92 Å². The number of nitrogens with two attached hydrogens (primary N) is 2. The van der Waals surface area contributed by atoms with Crippen LogP contribution in [-0.2, 0) is 0 Å². The lowest BCUT2D eigenvalue weighted by Crippen LogP contribution is -1.91. The fraction of sp³-hybridized carbons (Fsp3) is 0.0667. The topological polar surface area (TPSA) is 77.8 Å². The molecule has 3 aromatic rings. The number of fused-ring (bicyclic) bond motifs is 1. The Balaban J connectivity index is 0.000000148. The predicted molar refractivity (Wildman–Crippen MR) is 79.5 cm³/mol. The van der Waals surface area contributed by atoms with E-state index in [-0.39, 0.29) is 0 Å². The molecule has 2 aromatic carbocycles. The summed E-state index contributed by atoms with van der Waals surface area (Å²) in [6, 6.07) is 15.1. The van der Waals surface area contributed by atoms with Gasteiger partial charge in [0.15, 0.2) is 0 Å². The van der Waals surface area contributed by atoms with Gasteiger partial charge in [-0.05, 0) is 31.2 Å². The molecular formula is C15H16N4. The molecule has 4 N–H and O–H groups in total. The van der Waals surface area contributed by atoms with E-state index in [1.807, 2.05) is 43.3 Å². The van der Waals surface area contributed by atoms with Crippen molar-refractivity contribution in [1.29, 1.82) is 0 Å². The van der Waals surface area contributed by atoms with Crippen LogP contribution in [-0.4, -0.2) is 9.97 Å². The second-order valence-electron chi connectivity index (χ2n) is 4.13. The number of nitrogens with zero attached hydrogens (tertiary/aromatic N) is 2. The highest BCUT2D eigenvalue weighted by atomic mass is 14.8. The molecule has 3 rings (SSSR count). The Morgan fingerprint density at radius 1 is 0.789 bits per heavy atom. The summed E-state index contributed by atoms with van der Waals surface area (Å²) in [5.41, 5.74) is 15.0. The standard InChI is InChI=1S/C9H8N2.C6H8N2/c1-7-6-10-8-4-2-3-5-9(8)11-7;7-5-3-1-2-4-6(5)8/h2-6H,1H3;1-4H,7-8H2. The average molecular weight is 252 g/mol. The minimum absolute atomic E-state index is 0.646. The van der Waals surface area contributed by atoms with Crippen LogP contribution in [0.25, 0.3) is 11.0 Å². The van der Waals surface area contributed by atoms with Gasteiger partial charge in [0.1, 0.15) is 0 Å². The minimum Gasteiger partial charge on any atom is -0.397 e. The van der Waals surface area contributed by atoms with Crippen LogP contribution in [0.2, 0.25) is 0 Å².